The molecule has 2 aliphatic rings. The van der Waals surface area contributed by atoms with Crippen LogP contribution >= 0.6 is 0 Å². The molecule has 2 aromatic carbocycles. The van der Waals surface area contributed by atoms with Crippen LogP contribution in [-0.4, -0.2) is 37.5 Å². The van der Waals surface area contributed by atoms with Gasteiger partial charge in [0.15, 0.2) is 0 Å². The van der Waals surface area contributed by atoms with Gasteiger partial charge in [-0.1, -0.05) is 36.4 Å². The van der Waals surface area contributed by atoms with Gasteiger partial charge in [0.25, 0.3) is 0 Å². The van der Waals surface area contributed by atoms with Crippen molar-refractivity contribution in [1.82, 2.24) is 4.90 Å². The molecule has 1 saturated heterocycles. The molecular weight excluding hydrogens is 346 g/mol. The SMILES string of the molecule is CN(C(=O)CNc1ccccc1N1CCCCC1)C1CCCc2ccccc21. The molecule has 1 amide bonds. The number of hydrogen-bond acceptors (Lipinski definition) is 3. The van der Waals surface area contributed by atoms with Crippen LogP contribution in [0, 0.1) is 0 Å². The van der Waals surface area contributed by atoms with Crippen molar-refractivity contribution in [1.29, 1.82) is 0 Å². The maximum absolute atomic E-state index is 13.0. The summed E-state index contributed by atoms with van der Waals surface area (Å²) in [4.78, 5) is 17.3. The smallest absolute Gasteiger partial charge is 0.242 e. The van der Waals surface area contributed by atoms with Crippen LogP contribution in [0.25, 0.3) is 0 Å². The van der Waals surface area contributed by atoms with E-state index in [9.17, 15) is 4.79 Å². The van der Waals surface area contributed by atoms with Crippen LogP contribution < -0.4 is 10.2 Å². The molecule has 4 rings (SSSR count). The highest BCUT2D eigenvalue weighted by molar-refractivity contribution is 5.83. The Morgan fingerprint density at radius 3 is 2.64 bits per heavy atom. The number of benzene rings is 2. The Morgan fingerprint density at radius 2 is 1.79 bits per heavy atom. The molecule has 4 heteroatoms. The summed E-state index contributed by atoms with van der Waals surface area (Å²) in [7, 11) is 1.95. The van der Waals surface area contributed by atoms with Gasteiger partial charge >= 0.3 is 0 Å². The van der Waals surface area contributed by atoms with Gasteiger partial charge < -0.3 is 15.1 Å². The molecule has 148 valence electrons. The largest absolute Gasteiger partial charge is 0.374 e. The fourth-order valence-corrected chi connectivity index (χ4v) is 4.63. The maximum Gasteiger partial charge on any atom is 0.242 e. The molecule has 2 aromatic rings. The van der Waals surface area contributed by atoms with E-state index in [1.54, 1.807) is 0 Å². The summed E-state index contributed by atoms with van der Waals surface area (Å²) in [6, 6.07) is 17.1. The Labute approximate surface area is 168 Å². The fraction of sp³-hybridized carbons (Fsp3) is 0.458. The second-order valence-corrected chi connectivity index (χ2v) is 8.03. The number of anilines is 2. The van der Waals surface area contributed by atoms with E-state index in [1.165, 1.54) is 36.1 Å². The Balaban J connectivity index is 1.43. The molecule has 1 unspecified atom stereocenters. The Morgan fingerprint density at radius 1 is 1.04 bits per heavy atom. The minimum atomic E-state index is 0.148. The average Bonchev–Trinajstić information content (AvgIpc) is 2.77. The number of piperidine rings is 1. The van der Waals surface area contributed by atoms with Crippen molar-refractivity contribution in [3.05, 3.63) is 59.7 Å². The summed E-state index contributed by atoms with van der Waals surface area (Å²) in [5.74, 6) is 0.148. The third-order valence-corrected chi connectivity index (χ3v) is 6.23. The lowest BCUT2D eigenvalue weighted by Gasteiger charge is -2.34. The molecule has 1 aliphatic heterocycles. The number of carbonyl (C=O) groups is 1. The predicted octanol–water partition coefficient (Wildman–Crippen LogP) is 4.62. The van der Waals surface area contributed by atoms with Gasteiger partial charge in [0.1, 0.15) is 0 Å². The number of likely N-dealkylation sites (N-methyl/N-ethyl adjacent to an activating group) is 1. The van der Waals surface area contributed by atoms with Gasteiger partial charge in [0, 0.05) is 20.1 Å². The van der Waals surface area contributed by atoms with Crippen LogP contribution in [0.5, 0.6) is 0 Å². The van der Waals surface area contributed by atoms with Crippen LogP contribution in [0.3, 0.4) is 0 Å². The zero-order valence-electron chi connectivity index (χ0n) is 16.9. The monoisotopic (exact) mass is 377 g/mol. The normalized spacial score (nSPS) is 19.0. The molecule has 4 nitrogen and oxygen atoms in total. The number of para-hydroxylation sites is 2. The van der Waals surface area contributed by atoms with E-state index in [2.05, 4.69) is 52.7 Å². The zero-order valence-corrected chi connectivity index (χ0v) is 16.9. The van der Waals surface area contributed by atoms with Crippen molar-refractivity contribution < 1.29 is 4.79 Å². The van der Waals surface area contributed by atoms with Crippen molar-refractivity contribution in [2.24, 2.45) is 0 Å². The molecule has 28 heavy (non-hydrogen) atoms. The Bertz CT molecular complexity index is 813. The standard InChI is InChI=1S/C24H31N3O/c1-26(22-15-9-11-19-10-3-4-12-20(19)22)24(28)18-25-21-13-5-6-14-23(21)27-16-7-2-8-17-27/h3-6,10,12-14,22,25H,2,7-9,11,15-18H2,1H3. The Kier molecular flexibility index (Phi) is 5.84. The highest BCUT2D eigenvalue weighted by atomic mass is 16.2. The van der Waals surface area contributed by atoms with Gasteiger partial charge in [-0.25, -0.2) is 0 Å². The third-order valence-electron chi connectivity index (χ3n) is 6.23. The van der Waals surface area contributed by atoms with E-state index in [0.717, 1.165) is 38.0 Å². The molecular formula is C24H31N3O. The first-order valence-corrected chi connectivity index (χ1v) is 10.7. The number of fused-ring (bicyclic) bond motifs is 1. The van der Waals surface area contributed by atoms with E-state index >= 15 is 0 Å². The fourth-order valence-electron chi connectivity index (χ4n) is 4.63. The lowest BCUT2D eigenvalue weighted by Crippen LogP contribution is -2.37. The van der Waals surface area contributed by atoms with E-state index < -0.39 is 0 Å². The molecule has 1 fully saturated rings. The van der Waals surface area contributed by atoms with E-state index in [0.29, 0.717) is 6.54 Å². The lowest BCUT2D eigenvalue weighted by atomic mass is 9.87. The summed E-state index contributed by atoms with van der Waals surface area (Å²) in [6.07, 6.45) is 7.12. The van der Waals surface area contributed by atoms with Crippen molar-refractivity contribution in [2.75, 3.05) is 36.9 Å². The van der Waals surface area contributed by atoms with Crippen molar-refractivity contribution in [3.63, 3.8) is 0 Å². The molecule has 0 radical (unpaired) electrons. The second kappa shape index (κ2) is 8.68. The van der Waals surface area contributed by atoms with Gasteiger partial charge in [-0.2, -0.15) is 0 Å². The minimum absolute atomic E-state index is 0.148. The van der Waals surface area contributed by atoms with Crippen LogP contribution in [-0.2, 0) is 11.2 Å². The van der Waals surface area contributed by atoms with Gasteiger partial charge in [-0.05, 0) is 61.8 Å². The van der Waals surface area contributed by atoms with E-state index in [1.807, 2.05) is 18.0 Å². The molecule has 1 N–H and O–H groups in total. The molecule has 1 heterocycles. The highest BCUT2D eigenvalue weighted by Crippen LogP contribution is 2.33. The molecule has 1 aliphatic carbocycles. The molecule has 0 aromatic heterocycles. The van der Waals surface area contributed by atoms with Gasteiger partial charge in [0.05, 0.1) is 24.0 Å². The number of nitrogens with one attached hydrogen (secondary N) is 1. The highest BCUT2D eigenvalue weighted by Gasteiger charge is 2.26. The first-order chi connectivity index (χ1) is 13.7. The predicted molar refractivity (Wildman–Crippen MR) is 116 cm³/mol. The molecule has 0 spiro atoms. The number of rotatable bonds is 5. The molecule has 0 saturated carbocycles. The molecule has 1 atom stereocenters. The number of aryl methyl sites for hydroxylation is 1. The number of hydrogen-bond donors (Lipinski definition) is 1. The molecule has 0 bridgehead atoms. The van der Waals surface area contributed by atoms with Crippen molar-refractivity contribution in [3.8, 4) is 0 Å². The summed E-state index contributed by atoms with van der Waals surface area (Å²) in [6.45, 7) is 2.54. The number of nitrogens with zero attached hydrogens (tertiary/aromatic N) is 2. The van der Waals surface area contributed by atoms with Crippen LogP contribution in [0.15, 0.2) is 48.5 Å². The van der Waals surface area contributed by atoms with Crippen LogP contribution in [0.1, 0.15) is 49.3 Å². The maximum atomic E-state index is 13.0. The third kappa shape index (κ3) is 4.01. The second-order valence-electron chi connectivity index (χ2n) is 8.03. The quantitative estimate of drug-likeness (QED) is 0.825. The van der Waals surface area contributed by atoms with E-state index in [-0.39, 0.29) is 11.9 Å². The van der Waals surface area contributed by atoms with E-state index in [4.69, 9.17) is 0 Å². The first kappa shape index (κ1) is 18.9. The summed E-state index contributed by atoms with van der Waals surface area (Å²) in [5.41, 5.74) is 5.00. The van der Waals surface area contributed by atoms with Gasteiger partial charge in [0.2, 0.25) is 5.91 Å². The average molecular weight is 378 g/mol. The Hall–Kier alpha value is -2.49. The number of amides is 1. The zero-order chi connectivity index (χ0) is 19.3. The summed E-state index contributed by atoms with van der Waals surface area (Å²) < 4.78 is 0. The summed E-state index contributed by atoms with van der Waals surface area (Å²) >= 11 is 0. The van der Waals surface area contributed by atoms with Crippen molar-refractivity contribution >= 4 is 17.3 Å². The van der Waals surface area contributed by atoms with Crippen LogP contribution in [0.2, 0.25) is 0 Å². The first-order valence-electron chi connectivity index (χ1n) is 10.7. The van der Waals surface area contributed by atoms with Gasteiger partial charge in [-0.15, -0.1) is 0 Å². The topological polar surface area (TPSA) is 35.6 Å². The van der Waals surface area contributed by atoms with Crippen LogP contribution in [0.4, 0.5) is 11.4 Å². The lowest BCUT2D eigenvalue weighted by molar-refractivity contribution is -0.130. The summed E-state index contributed by atoms with van der Waals surface area (Å²) in [5, 5.41) is 3.42. The van der Waals surface area contributed by atoms with Gasteiger partial charge in [-0.3, -0.25) is 4.79 Å². The van der Waals surface area contributed by atoms with Crippen molar-refractivity contribution in [2.45, 2.75) is 44.6 Å². The number of carbonyl (C=O) groups excluding carboxylic acids is 1. The minimum Gasteiger partial charge on any atom is -0.374 e.